The van der Waals surface area contributed by atoms with Crippen LogP contribution < -0.4 is 10.1 Å². The van der Waals surface area contributed by atoms with Crippen molar-refractivity contribution >= 4 is 28.4 Å². The molecule has 0 saturated carbocycles. The Morgan fingerprint density at radius 2 is 2.06 bits per heavy atom. The lowest BCUT2D eigenvalue weighted by Crippen LogP contribution is -2.51. The molecule has 0 spiro atoms. The summed E-state index contributed by atoms with van der Waals surface area (Å²) in [7, 11) is 0. The van der Waals surface area contributed by atoms with Crippen molar-refractivity contribution < 1.29 is 19.4 Å². The standard InChI is InChI=1S/C24H25N3O4/c28-21-14-27(24(30)12-16-13-25-20-4-2-1-3-18(16)20)10-9-22(21)31-17-6-7-19-15(11-17)5-8-23(29)26-19/h1-4,6-7,11,13,21-22,25,28H,5,8-10,12,14H2,(H,26,29)/t21-,22-/m1/s1. The number of aryl methyl sites for hydroxylation is 1. The Labute approximate surface area is 180 Å². The highest BCUT2D eigenvalue weighted by Crippen LogP contribution is 2.29. The second-order valence-corrected chi connectivity index (χ2v) is 8.26. The zero-order valence-electron chi connectivity index (χ0n) is 17.1. The Hall–Kier alpha value is -3.32. The van der Waals surface area contributed by atoms with Gasteiger partial charge in [-0.3, -0.25) is 9.59 Å². The largest absolute Gasteiger partial charge is 0.488 e. The molecule has 2 aromatic carbocycles. The van der Waals surface area contributed by atoms with E-state index in [2.05, 4.69) is 10.3 Å². The van der Waals surface area contributed by atoms with Crippen molar-refractivity contribution in [3.05, 3.63) is 59.8 Å². The Morgan fingerprint density at radius 3 is 2.94 bits per heavy atom. The lowest BCUT2D eigenvalue weighted by Gasteiger charge is -2.36. The van der Waals surface area contributed by atoms with Crippen LogP contribution in [0.3, 0.4) is 0 Å². The summed E-state index contributed by atoms with van der Waals surface area (Å²) in [5.74, 6) is 0.713. The molecular weight excluding hydrogens is 394 g/mol. The number of hydrogen-bond acceptors (Lipinski definition) is 4. The Bertz CT molecular complexity index is 1140. The lowest BCUT2D eigenvalue weighted by molar-refractivity contribution is -0.136. The molecule has 2 aliphatic heterocycles. The number of carbonyl (C=O) groups excluding carboxylic acids is 2. The predicted octanol–water partition coefficient (Wildman–Crippen LogP) is 2.64. The molecule has 1 fully saturated rings. The second-order valence-electron chi connectivity index (χ2n) is 8.26. The van der Waals surface area contributed by atoms with Gasteiger partial charge < -0.3 is 25.0 Å². The summed E-state index contributed by atoms with van der Waals surface area (Å²) >= 11 is 0. The minimum absolute atomic E-state index is 0.00627. The summed E-state index contributed by atoms with van der Waals surface area (Å²) in [5.41, 5.74) is 3.84. The third-order valence-corrected chi connectivity index (χ3v) is 6.15. The van der Waals surface area contributed by atoms with Crippen LogP contribution in [-0.4, -0.2) is 52.1 Å². The average molecular weight is 419 g/mol. The van der Waals surface area contributed by atoms with E-state index in [1.165, 1.54) is 0 Å². The number of aromatic amines is 1. The number of nitrogens with one attached hydrogen (secondary N) is 2. The topological polar surface area (TPSA) is 94.7 Å². The number of nitrogens with zero attached hydrogens (tertiary/aromatic N) is 1. The first-order valence-corrected chi connectivity index (χ1v) is 10.7. The Morgan fingerprint density at radius 1 is 1.19 bits per heavy atom. The van der Waals surface area contributed by atoms with Gasteiger partial charge in [0.05, 0.1) is 13.0 Å². The Kier molecular flexibility index (Phi) is 5.11. The summed E-state index contributed by atoms with van der Waals surface area (Å²) in [5, 5.41) is 14.5. The molecule has 0 bridgehead atoms. The first kappa shape index (κ1) is 19.6. The number of β-amino-alcohol motifs (C(OH)–C–C–N with tert-alkyl or cyclic N) is 1. The number of H-pyrrole nitrogens is 1. The van der Waals surface area contributed by atoms with E-state index in [-0.39, 0.29) is 24.5 Å². The maximum Gasteiger partial charge on any atom is 0.227 e. The molecule has 5 rings (SSSR count). The fraction of sp³-hybridized carbons (Fsp3) is 0.333. The van der Waals surface area contributed by atoms with Crippen LogP contribution in [0.1, 0.15) is 24.0 Å². The monoisotopic (exact) mass is 419 g/mol. The van der Waals surface area contributed by atoms with Crippen LogP contribution in [-0.2, 0) is 22.4 Å². The molecule has 3 aromatic rings. The van der Waals surface area contributed by atoms with Crippen molar-refractivity contribution in [3.8, 4) is 5.75 Å². The molecule has 7 nitrogen and oxygen atoms in total. The highest BCUT2D eigenvalue weighted by atomic mass is 16.5. The van der Waals surface area contributed by atoms with Crippen LogP contribution in [0, 0.1) is 0 Å². The van der Waals surface area contributed by atoms with E-state index in [4.69, 9.17) is 4.74 Å². The number of para-hydroxylation sites is 1. The van der Waals surface area contributed by atoms with Crippen LogP contribution >= 0.6 is 0 Å². The number of hydrogen-bond donors (Lipinski definition) is 3. The first-order valence-electron chi connectivity index (χ1n) is 10.7. The molecule has 2 amide bonds. The van der Waals surface area contributed by atoms with E-state index in [0.717, 1.165) is 27.7 Å². The van der Waals surface area contributed by atoms with Gasteiger partial charge in [0, 0.05) is 42.2 Å². The third kappa shape index (κ3) is 4.01. The van der Waals surface area contributed by atoms with Gasteiger partial charge in [-0.1, -0.05) is 18.2 Å². The maximum atomic E-state index is 12.8. The van der Waals surface area contributed by atoms with Crippen LogP contribution in [0.4, 0.5) is 5.69 Å². The predicted molar refractivity (Wildman–Crippen MR) is 117 cm³/mol. The molecule has 31 heavy (non-hydrogen) atoms. The van der Waals surface area contributed by atoms with E-state index < -0.39 is 6.10 Å². The molecule has 3 N–H and O–H groups in total. The smallest absolute Gasteiger partial charge is 0.227 e. The number of aliphatic hydroxyl groups excluding tert-OH is 1. The van der Waals surface area contributed by atoms with Gasteiger partial charge in [0.15, 0.2) is 0 Å². The first-order chi connectivity index (χ1) is 15.1. The van der Waals surface area contributed by atoms with E-state index in [0.29, 0.717) is 38.0 Å². The fourth-order valence-electron chi connectivity index (χ4n) is 4.43. The van der Waals surface area contributed by atoms with Crippen LogP contribution in [0.2, 0.25) is 0 Å². The van der Waals surface area contributed by atoms with Gasteiger partial charge in [-0.2, -0.15) is 0 Å². The van der Waals surface area contributed by atoms with Crippen molar-refractivity contribution in [2.75, 3.05) is 18.4 Å². The minimum atomic E-state index is -0.753. The van der Waals surface area contributed by atoms with Gasteiger partial charge in [0.2, 0.25) is 11.8 Å². The van der Waals surface area contributed by atoms with Gasteiger partial charge in [0.1, 0.15) is 18.0 Å². The van der Waals surface area contributed by atoms with Gasteiger partial charge in [0.25, 0.3) is 0 Å². The van der Waals surface area contributed by atoms with Crippen molar-refractivity contribution in [2.45, 2.75) is 37.9 Å². The van der Waals surface area contributed by atoms with Gasteiger partial charge in [-0.15, -0.1) is 0 Å². The zero-order chi connectivity index (χ0) is 21.4. The molecule has 1 aromatic heterocycles. The quantitative estimate of drug-likeness (QED) is 0.606. The average Bonchev–Trinajstić information content (AvgIpc) is 3.18. The van der Waals surface area contributed by atoms with E-state index in [1.807, 2.05) is 48.7 Å². The number of fused-ring (bicyclic) bond motifs is 2. The van der Waals surface area contributed by atoms with Crippen molar-refractivity contribution in [1.82, 2.24) is 9.88 Å². The molecule has 2 atom stereocenters. The Balaban J connectivity index is 1.20. The molecule has 7 heteroatoms. The number of amides is 2. The number of carbonyl (C=O) groups is 2. The minimum Gasteiger partial charge on any atom is -0.488 e. The van der Waals surface area contributed by atoms with Crippen LogP contribution in [0.5, 0.6) is 5.75 Å². The second kappa shape index (κ2) is 8.07. The molecule has 0 aliphatic carbocycles. The zero-order valence-corrected chi connectivity index (χ0v) is 17.1. The van der Waals surface area contributed by atoms with Crippen molar-refractivity contribution in [2.24, 2.45) is 0 Å². The van der Waals surface area contributed by atoms with E-state index in [1.54, 1.807) is 4.90 Å². The SMILES string of the molecule is O=C1CCc2cc(O[C@@H]3CCN(C(=O)Cc4c[nH]c5ccccc45)C[C@H]3O)ccc2N1. The molecule has 160 valence electrons. The highest BCUT2D eigenvalue weighted by Gasteiger charge is 2.32. The van der Waals surface area contributed by atoms with Crippen molar-refractivity contribution in [1.29, 1.82) is 0 Å². The summed E-state index contributed by atoms with van der Waals surface area (Å²) < 4.78 is 6.05. The molecule has 0 radical (unpaired) electrons. The van der Waals surface area contributed by atoms with Gasteiger partial charge >= 0.3 is 0 Å². The van der Waals surface area contributed by atoms with Crippen molar-refractivity contribution in [3.63, 3.8) is 0 Å². The molecular formula is C24H25N3O4. The normalized spacial score (nSPS) is 20.9. The number of piperidine rings is 1. The fourth-order valence-corrected chi connectivity index (χ4v) is 4.43. The summed E-state index contributed by atoms with van der Waals surface area (Å²) in [6.45, 7) is 0.802. The number of aliphatic hydroxyl groups is 1. The lowest BCUT2D eigenvalue weighted by atomic mass is 10.0. The highest BCUT2D eigenvalue weighted by molar-refractivity contribution is 5.94. The summed E-state index contributed by atoms with van der Waals surface area (Å²) in [4.78, 5) is 29.3. The van der Waals surface area contributed by atoms with Crippen LogP contribution in [0.15, 0.2) is 48.7 Å². The molecule has 0 unspecified atom stereocenters. The molecule has 2 aliphatic rings. The maximum absolute atomic E-state index is 12.8. The van der Waals surface area contributed by atoms with E-state index in [9.17, 15) is 14.7 Å². The summed E-state index contributed by atoms with van der Waals surface area (Å²) in [6, 6.07) is 13.5. The molecule has 3 heterocycles. The van der Waals surface area contributed by atoms with Crippen LogP contribution in [0.25, 0.3) is 10.9 Å². The van der Waals surface area contributed by atoms with Gasteiger partial charge in [-0.05, 0) is 41.8 Å². The number of rotatable bonds is 4. The number of ether oxygens (including phenoxy) is 1. The van der Waals surface area contributed by atoms with E-state index >= 15 is 0 Å². The number of aromatic nitrogens is 1. The number of anilines is 1. The summed E-state index contributed by atoms with van der Waals surface area (Å²) in [6.07, 6.45) is 2.78. The van der Waals surface area contributed by atoms with Gasteiger partial charge in [-0.25, -0.2) is 0 Å². The number of likely N-dealkylation sites (tertiary alicyclic amines) is 1. The number of benzene rings is 2. The molecule has 1 saturated heterocycles. The third-order valence-electron chi connectivity index (χ3n) is 6.15.